The maximum Gasteiger partial charge on any atom is 0.410 e. The van der Waals surface area contributed by atoms with Gasteiger partial charge in [0.25, 0.3) is 0 Å². The van der Waals surface area contributed by atoms with E-state index in [9.17, 15) is 4.79 Å². The molecule has 1 saturated carbocycles. The summed E-state index contributed by atoms with van der Waals surface area (Å²) in [6, 6.07) is 0.692. The number of piperidine rings is 1. The molecule has 0 radical (unpaired) electrons. The normalized spacial score (nSPS) is 30.5. The molecule has 122 valence electrons. The molecule has 0 aromatic rings. The summed E-state index contributed by atoms with van der Waals surface area (Å²) < 4.78 is 5.48. The quantitative estimate of drug-likeness (QED) is 0.867. The van der Waals surface area contributed by atoms with Crippen LogP contribution in [-0.4, -0.2) is 42.3 Å². The van der Waals surface area contributed by atoms with Crippen molar-refractivity contribution in [1.29, 1.82) is 0 Å². The largest absolute Gasteiger partial charge is 0.444 e. The van der Waals surface area contributed by atoms with Gasteiger partial charge in [0.15, 0.2) is 0 Å². The Morgan fingerprint density at radius 3 is 2.67 bits per heavy atom. The summed E-state index contributed by atoms with van der Waals surface area (Å²) >= 11 is 0. The lowest BCUT2D eigenvalue weighted by Gasteiger charge is -2.34. The lowest BCUT2D eigenvalue weighted by molar-refractivity contribution is 0.0165. The van der Waals surface area contributed by atoms with Crippen molar-refractivity contribution in [2.24, 2.45) is 11.8 Å². The minimum atomic E-state index is -0.401. The van der Waals surface area contributed by atoms with Gasteiger partial charge in [-0.3, -0.25) is 0 Å². The van der Waals surface area contributed by atoms with Gasteiger partial charge in [-0.15, -0.1) is 0 Å². The fraction of sp³-hybridized carbons (Fsp3) is 0.941. The fourth-order valence-electron chi connectivity index (χ4n) is 3.45. The van der Waals surface area contributed by atoms with Crippen molar-refractivity contribution in [2.75, 3.05) is 19.6 Å². The van der Waals surface area contributed by atoms with Gasteiger partial charge < -0.3 is 15.0 Å². The molecule has 1 aliphatic carbocycles. The van der Waals surface area contributed by atoms with E-state index in [1.165, 1.54) is 25.7 Å². The third kappa shape index (κ3) is 5.50. The van der Waals surface area contributed by atoms with Crippen LogP contribution in [0.15, 0.2) is 0 Å². The molecule has 4 nitrogen and oxygen atoms in total. The molecule has 2 fully saturated rings. The molecular formula is C17H32N2O2. The van der Waals surface area contributed by atoms with E-state index in [4.69, 9.17) is 4.74 Å². The van der Waals surface area contributed by atoms with Crippen molar-refractivity contribution >= 4 is 6.09 Å². The van der Waals surface area contributed by atoms with E-state index >= 15 is 0 Å². The number of likely N-dealkylation sites (tertiary alicyclic amines) is 1. The third-order valence-electron chi connectivity index (χ3n) is 4.56. The maximum atomic E-state index is 12.1. The Morgan fingerprint density at radius 2 is 2.05 bits per heavy atom. The molecule has 4 heteroatoms. The van der Waals surface area contributed by atoms with Gasteiger partial charge >= 0.3 is 6.09 Å². The second kappa shape index (κ2) is 6.99. The highest BCUT2D eigenvalue weighted by atomic mass is 16.6. The lowest BCUT2D eigenvalue weighted by Crippen LogP contribution is -2.45. The van der Waals surface area contributed by atoms with Crippen molar-refractivity contribution in [2.45, 2.75) is 71.4 Å². The number of rotatable bonds is 3. The molecule has 1 heterocycles. The standard InChI is InChI=1S/C17H32N2O2/c1-13-7-8-15(10-13)18-11-14-6-5-9-19(12-14)16(20)21-17(2,3)4/h13-15,18H,5-12H2,1-4H3. The van der Waals surface area contributed by atoms with Crippen LogP contribution >= 0.6 is 0 Å². The highest BCUT2D eigenvalue weighted by Gasteiger charge is 2.28. The van der Waals surface area contributed by atoms with Crippen LogP contribution in [0.25, 0.3) is 0 Å². The molecule has 0 bridgehead atoms. The third-order valence-corrected chi connectivity index (χ3v) is 4.56. The van der Waals surface area contributed by atoms with Crippen molar-refractivity contribution in [3.05, 3.63) is 0 Å². The number of carbonyl (C=O) groups is 1. The van der Waals surface area contributed by atoms with Gasteiger partial charge in [-0.05, 0) is 71.3 Å². The zero-order chi connectivity index (χ0) is 15.5. The molecule has 2 rings (SSSR count). The number of nitrogens with zero attached hydrogens (tertiary/aromatic N) is 1. The average Bonchev–Trinajstić information content (AvgIpc) is 2.81. The summed E-state index contributed by atoms with van der Waals surface area (Å²) in [6.45, 7) is 10.8. The fourth-order valence-corrected chi connectivity index (χ4v) is 3.45. The van der Waals surface area contributed by atoms with Crippen LogP contribution in [0, 0.1) is 11.8 Å². The van der Waals surface area contributed by atoms with E-state index in [0.29, 0.717) is 12.0 Å². The predicted octanol–water partition coefficient (Wildman–Crippen LogP) is 3.41. The van der Waals surface area contributed by atoms with E-state index in [2.05, 4.69) is 12.2 Å². The molecule has 0 aromatic carbocycles. The maximum absolute atomic E-state index is 12.1. The number of carbonyl (C=O) groups excluding carboxylic acids is 1. The first-order valence-electron chi connectivity index (χ1n) is 8.55. The van der Waals surface area contributed by atoms with E-state index < -0.39 is 5.60 Å². The van der Waals surface area contributed by atoms with Gasteiger partial charge in [0.05, 0.1) is 0 Å². The predicted molar refractivity (Wildman–Crippen MR) is 85.3 cm³/mol. The molecule has 0 aromatic heterocycles. The summed E-state index contributed by atoms with van der Waals surface area (Å²) in [5.74, 6) is 1.44. The van der Waals surface area contributed by atoms with Crippen LogP contribution in [0.5, 0.6) is 0 Å². The number of nitrogens with one attached hydrogen (secondary N) is 1. The highest BCUT2D eigenvalue weighted by Crippen LogP contribution is 2.25. The Labute approximate surface area is 129 Å². The van der Waals surface area contributed by atoms with Crippen LogP contribution in [0.1, 0.15) is 59.8 Å². The average molecular weight is 296 g/mol. The number of hydrogen-bond donors (Lipinski definition) is 1. The highest BCUT2D eigenvalue weighted by molar-refractivity contribution is 5.68. The van der Waals surface area contributed by atoms with Crippen molar-refractivity contribution in [3.63, 3.8) is 0 Å². The van der Waals surface area contributed by atoms with E-state index in [1.54, 1.807) is 0 Å². The van der Waals surface area contributed by atoms with Crippen LogP contribution in [-0.2, 0) is 4.74 Å². The van der Waals surface area contributed by atoms with Gasteiger partial charge in [0.2, 0.25) is 0 Å². The van der Waals surface area contributed by atoms with Gasteiger partial charge in [-0.25, -0.2) is 4.79 Å². The van der Waals surface area contributed by atoms with Crippen LogP contribution in [0.2, 0.25) is 0 Å². The molecule has 2 aliphatic rings. The molecule has 3 unspecified atom stereocenters. The Bertz CT molecular complexity index is 351. The van der Waals surface area contributed by atoms with E-state index in [0.717, 1.165) is 32.0 Å². The number of ether oxygens (including phenoxy) is 1. The van der Waals surface area contributed by atoms with Gasteiger partial charge in [-0.1, -0.05) is 6.92 Å². The monoisotopic (exact) mass is 296 g/mol. The Balaban J connectivity index is 1.74. The van der Waals surface area contributed by atoms with Crippen LogP contribution in [0.4, 0.5) is 4.79 Å². The molecule has 1 aliphatic heterocycles. The lowest BCUT2D eigenvalue weighted by atomic mass is 9.98. The zero-order valence-corrected chi connectivity index (χ0v) is 14.2. The van der Waals surface area contributed by atoms with Crippen molar-refractivity contribution in [1.82, 2.24) is 10.2 Å². The summed E-state index contributed by atoms with van der Waals surface area (Å²) in [5, 5.41) is 3.71. The summed E-state index contributed by atoms with van der Waals surface area (Å²) in [5.41, 5.74) is -0.401. The molecule has 0 spiro atoms. The first kappa shape index (κ1) is 16.6. The van der Waals surface area contributed by atoms with Gasteiger partial charge in [0.1, 0.15) is 5.60 Å². The minimum Gasteiger partial charge on any atom is -0.444 e. The molecule has 3 atom stereocenters. The second-order valence-electron chi connectivity index (χ2n) is 7.96. The Hall–Kier alpha value is -0.770. The summed E-state index contributed by atoms with van der Waals surface area (Å²) in [4.78, 5) is 14.0. The zero-order valence-electron chi connectivity index (χ0n) is 14.2. The van der Waals surface area contributed by atoms with E-state index in [-0.39, 0.29) is 6.09 Å². The molecular weight excluding hydrogens is 264 g/mol. The first-order valence-corrected chi connectivity index (χ1v) is 8.55. The Kier molecular flexibility index (Phi) is 5.53. The molecule has 1 saturated heterocycles. The van der Waals surface area contributed by atoms with Crippen LogP contribution in [0.3, 0.4) is 0 Å². The minimum absolute atomic E-state index is 0.151. The molecule has 1 amide bonds. The van der Waals surface area contributed by atoms with E-state index in [1.807, 2.05) is 25.7 Å². The van der Waals surface area contributed by atoms with Crippen LogP contribution < -0.4 is 5.32 Å². The van der Waals surface area contributed by atoms with Crippen molar-refractivity contribution in [3.8, 4) is 0 Å². The Morgan fingerprint density at radius 1 is 1.29 bits per heavy atom. The first-order chi connectivity index (χ1) is 9.83. The summed E-state index contributed by atoms with van der Waals surface area (Å²) in [7, 11) is 0. The van der Waals surface area contributed by atoms with Crippen molar-refractivity contribution < 1.29 is 9.53 Å². The van der Waals surface area contributed by atoms with Gasteiger partial charge in [0, 0.05) is 19.1 Å². The molecule has 21 heavy (non-hydrogen) atoms. The number of amides is 1. The number of hydrogen-bond acceptors (Lipinski definition) is 3. The topological polar surface area (TPSA) is 41.6 Å². The summed E-state index contributed by atoms with van der Waals surface area (Å²) in [6.07, 6.45) is 6.13. The van der Waals surface area contributed by atoms with Gasteiger partial charge in [-0.2, -0.15) is 0 Å². The smallest absolute Gasteiger partial charge is 0.410 e. The SMILES string of the molecule is CC1CCC(NCC2CCCN(C(=O)OC(C)(C)C)C2)C1. The molecule has 1 N–H and O–H groups in total. The second-order valence-corrected chi connectivity index (χ2v) is 7.96.